The Morgan fingerprint density at radius 2 is 2.07 bits per heavy atom. The van der Waals surface area contributed by atoms with Crippen LogP contribution in [0.25, 0.3) is 22.3 Å². The Kier molecular flexibility index (Phi) is 3.31. The zero-order chi connectivity index (χ0) is 19.8. The Morgan fingerprint density at radius 3 is 2.82 bits per heavy atom. The molecule has 8 heteroatoms. The van der Waals surface area contributed by atoms with E-state index >= 15 is 0 Å². The molecular formula is C20H14F2N2O4. The van der Waals surface area contributed by atoms with E-state index in [4.69, 9.17) is 4.74 Å². The standard InChI is InChI=1S/C20H14F2N2O4/c1-2-20(27)12-6-14-16-10(5-9-3-4-13(21)15(22)17(9)23-16)7-24(14)18(25)11(12)8-28-19(20)26/h3-6,27H,2,7-8H2,1H3/t20-/m0/s1. The van der Waals surface area contributed by atoms with Crippen LogP contribution in [0.3, 0.4) is 0 Å². The highest BCUT2D eigenvalue weighted by Crippen LogP contribution is 2.38. The van der Waals surface area contributed by atoms with Gasteiger partial charge in [-0.15, -0.1) is 0 Å². The van der Waals surface area contributed by atoms with Gasteiger partial charge in [-0.3, -0.25) is 4.79 Å². The van der Waals surface area contributed by atoms with Crippen LogP contribution in [0.1, 0.15) is 30.0 Å². The number of aliphatic hydroxyl groups is 1. The number of carbonyl (C=O) groups excluding carboxylic acids is 1. The maximum atomic E-state index is 14.2. The summed E-state index contributed by atoms with van der Waals surface area (Å²) in [5.41, 5.74) is -0.730. The number of hydrogen-bond acceptors (Lipinski definition) is 5. The monoisotopic (exact) mass is 384 g/mol. The van der Waals surface area contributed by atoms with Crippen LogP contribution in [0.2, 0.25) is 0 Å². The molecule has 0 amide bonds. The minimum Gasteiger partial charge on any atom is -0.458 e. The molecule has 3 aromatic rings. The number of cyclic esters (lactones) is 1. The summed E-state index contributed by atoms with van der Waals surface area (Å²) >= 11 is 0. The first-order valence-corrected chi connectivity index (χ1v) is 8.80. The van der Waals surface area contributed by atoms with E-state index in [1.165, 1.54) is 16.7 Å². The van der Waals surface area contributed by atoms with Crippen LogP contribution in [0.4, 0.5) is 8.78 Å². The second-order valence-electron chi connectivity index (χ2n) is 7.03. The molecule has 0 bridgehead atoms. The number of fused-ring (bicyclic) bond motifs is 5. The van der Waals surface area contributed by atoms with Crippen LogP contribution < -0.4 is 5.56 Å². The summed E-state index contributed by atoms with van der Waals surface area (Å²) in [5, 5.41) is 11.2. The van der Waals surface area contributed by atoms with Crippen molar-refractivity contribution >= 4 is 16.9 Å². The first-order valence-electron chi connectivity index (χ1n) is 8.80. The molecule has 2 aliphatic heterocycles. The molecule has 142 valence electrons. The van der Waals surface area contributed by atoms with Crippen LogP contribution in [-0.2, 0) is 28.3 Å². The number of pyridine rings is 2. The lowest BCUT2D eigenvalue weighted by Gasteiger charge is -2.31. The Labute approximate surface area is 157 Å². The zero-order valence-corrected chi connectivity index (χ0v) is 14.8. The average molecular weight is 384 g/mol. The Hall–Kier alpha value is -3.13. The molecule has 6 nitrogen and oxygen atoms in total. The molecule has 1 N–H and O–H groups in total. The maximum absolute atomic E-state index is 14.2. The lowest BCUT2D eigenvalue weighted by Crippen LogP contribution is -2.44. The number of hydrogen-bond donors (Lipinski definition) is 1. The second-order valence-corrected chi connectivity index (χ2v) is 7.03. The van der Waals surface area contributed by atoms with E-state index in [0.29, 0.717) is 22.3 Å². The maximum Gasteiger partial charge on any atom is 0.343 e. The highest BCUT2D eigenvalue weighted by molar-refractivity contribution is 5.86. The molecule has 28 heavy (non-hydrogen) atoms. The number of rotatable bonds is 1. The van der Waals surface area contributed by atoms with Crippen molar-refractivity contribution < 1.29 is 23.4 Å². The van der Waals surface area contributed by atoms with Crippen molar-refractivity contribution in [1.29, 1.82) is 0 Å². The fourth-order valence-corrected chi connectivity index (χ4v) is 3.99. The van der Waals surface area contributed by atoms with Crippen LogP contribution in [0, 0.1) is 11.6 Å². The highest BCUT2D eigenvalue weighted by atomic mass is 19.2. The van der Waals surface area contributed by atoms with E-state index in [2.05, 4.69) is 4.98 Å². The molecule has 0 radical (unpaired) electrons. The number of benzene rings is 1. The SMILES string of the molecule is CC[C@@]1(O)C(=O)OCc2c1cc1n(c2=O)Cc2cc3ccc(F)c(F)c3nc2-1. The first kappa shape index (κ1) is 17.0. The summed E-state index contributed by atoms with van der Waals surface area (Å²) in [6.45, 7) is 1.59. The van der Waals surface area contributed by atoms with Gasteiger partial charge in [0.15, 0.2) is 17.2 Å². The van der Waals surface area contributed by atoms with Gasteiger partial charge in [0.1, 0.15) is 12.1 Å². The fourth-order valence-electron chi connectivity index (χ4n) is 3.99. The van der Waals surface area contributed by atoms with E-state index in [0.717, 1.165) is 6.07 Å². The van der Waals surface area contributed by atoms with Crippen molar-refractivity contribution in [3.63, 3.8) is 0 Å². The van der Waals surface area contributed by atoms with Gasteiger partial charge in [-0.25, -0.2) is 18.6 Å². The molecule has 1 aromatic carbocycles. The molecule has 1 atom stereocenters. The van der Waals surface area contributed by atoms with Gasteiger partial charge < -0.3 is 14.4 Å². The van der Waals surface area contributed by atoms with Crippen molar-refractivity contribution in [3.05, 3.63) is 62.9 Å². The molecule has 2 aromatic heterocycles. The smallest absolute Gasteiger partial charge is 0.343 e. The van der Waals surface area contributed by atoms with E-state index in [1.54, 1.807) is 13.0 Å². The zero-order valence-electron chi connectivity index (χ0n) is 14.8. The quantitative estimate of drug-likeness (QED) is 0.510. The molecule has 0 spiro atoms. The molecule has 0 unspecified atom stereocenters. The van der Waals surface area contributed by atoms with E-state index in [-0.39, 0.29) is 36.2 Å². The predicted octanol–water partition coefficient (Wildman–Crippen LogP) is 2.36. The second kappa shape index (κ2) is 5.45. The molecule has 0 saturated heterocycles. The van der Waals surface area contributed by atoms with Gasteiger partial charge in [0.2, 0.25) is 0 Å². The molecule has 0 saturated carbocycles. The lowest BCUT2D eigenvalue weighted by molar-refractivity contribution is -0.172. The summed E-state index contributed by atoms with van der Waals surface area (Å²) in [6.07, 6.45) is 0.0274. The number of halogens is 2. The van der Waals surface area contributed by atoms with E-state index in [9.17, 15) is 23.5 Å². The largest absolute Gasteiger partial charge is 0.458 e. The molecule has 5 rings (SSSR count). The highest BCUT2D eigenvalue weighted by Gasteiger charge is 2.45. The molecule has 0 aliphatic carbocycles. The molecule has 2 aliphatic rings. The molecular weight excluding hydrogens is 370 g/mol. The van der Waals surface area contributed by atoms with Crippen molar-refractivity contribution in [2.45, 2.75) is 32.1 Å². The molecule has 0 fully saturated rings. The minimum absolute atomic E-state index is 0.0274. The number of aromatic nitrogens is 2. The Bertz CT molecular complexity index is 1270. The third-order valence-electron chi connectivity index (χ3n) is 5.57. The molecule has 4 heterocycles. The summed E-state index contributed by atoms with van der Waals surface area (Å²) in [7, 11) is 0. The summed E-state index contributed by atoms with van der Waals surface area (Å²) < 4.78 is 34.3. The lowest BCUT2D eigenvalue weighted by atomic mass is 9.86. The van der Waals surface area contributed by atoms with Crippen molar-refractivity contribution in [2.75, 3.05) is 0 Å². The van der Waals surface area contributed by atoms with E-state index in [1.807, 2.05) is 0 Å². The van der Waals surface area contributed by atoms with Gasteiger partial charge in [0, 0.05) is 16.5 Å². The van der Waals surface area contributed by atoms with Crippen molar-refractivity contribution in [2.24, 2.45) is 0 Å². The van der Waals surface area contributed by atoms with Crippen LogP contribution in [0.15, 0.2) is 29.1 Å². The number of esters is 1. The van der Waals surface area contributed by atoms with Crippen LogP contribution in [-0.4, -0.2) is 20.6 Å². The number of ether oxygens (including phenoxy) is 1. The predicted molar refractivity (Wildman–Crippen MR) is 94.4 cm³/mol. The normalized spacial score (nSPS) is 19.9. The van der Waals surface area contributed by atoms with E-state index < -0.39 is 28.8 Å². The van der Waals surface area contributed by atoms with Gasteiger partial charge in [0.05, 0.1) is 23.5 Å². The number of carbonyl (C=O) groups is 1. The van der Waals surface area contributed by atoms with Crippen LogP contribution >= 0.6 is 0 Å². The van der Waals surface area contributed by atoms with Gasteiger partial charge in [0.25, 0.3) is 5.56 Å². The van der Waals surface area contributed by atoms with Gasteiger partial charge in [-0.2, -0.15) is 0 Å². The van der Waals surface area contributed by atoms with Gasteiger partial charge in [-0.1, -0.05) is 6.92 Å². The van der Waals surface area contributed by atoms with Crippen LogP contribution in [0.5, 0.6) is 0 Å². The van der Waals surface area contributed by atoms with Gasteiger partial charge >= 0.3 is 5.97 Å². The summed E-state index contributed by atoms with van der Waals surface area (Å²) in [4.78, 5) is 29.4. The minimum atomic E-state index is -1.93. The Morgan fingerprint density at radius 1 is 1.29 bits per heavy atom. The number of nitrogens with zero attached hydrogens (tertiary/aromatic N) is 2. The topological polar surface area (TPSA) is 81.4 Å². The third-order valence-corrected chi connectivity index (χ3v) is 5.57. The fraction of sp³-hybridized carbons (Fsp3) is 0.250. The third kappa shape index (κ3) is 2.00. The Balaban J connectivity index is 1.82. The van der Waals surface area contributed by atoms with Gasteiger partial charge in [-0.05, 0) is 30.7 Å². The summed E-state index contributed by atoms with van der Waals surface area (Å²) in [5.74, 6) is -2.89. The average Bonchev–Trinajstić information content (AvgIpc) is 3.05. The summed E-state index contributed by atoms with van der Waals surface area (Å²) in [6, 6.07) is 5.66. The first-order chi connectivity index (χ1) is 13.3. The van der Waals surface area contributed by atoms with Crippen molar-refractivity contribution in [3.8, 4) is 11.4 Å². The van der Waals surface area contributed by atoms with Crippen molar-refractivity contribution in [1.82, 2.24) is 9.55 Å².